The first-order valence-corrected chi connectivity index (χ1v) is 17.1. The van der Waals surface area contributed by atoms with Gasteiger partial charge >= 0.3 is 17.8 Å². The summed E-state index contributed by atoms with van der Waals surface area (Å²) in [4.78, 5) is 56.0. The molecular formula is C36H39F2N7O5S. The van der Waals surface area contributed by atoms with Gasteiger partial charge < -0.3 is 26.0 Å². The summed E-state index contributed by atoms with van der Waals surface area (Å²) in [7, 11) is 3.46. The second-order valence-corrected chi connectivity index (χ2v) is 12.6. The molecule has 268 valence electrons. The van der Waals surface area contributed by atoms with Crippen molar-refractivity contribution in [3.05, 3.63) is 110 Å². The van der Waals surface area contributed by atoms with Gasteiger partial charge in [-0.05, 0) is 80.6 Å². The van der Waals surface area contributed by atoms with E-state index in [0.717, 1.165) is 16.7 Å². The average Bonchev–Trinajstić information content (AvgIpc) is 3.47. The number of ether oxygens (including phenoxy) is 1. The number of methoxy groups -OCH3 is 1. The topological polar surface area (TPSA) is 139 Å². The summed E-state index contributed by atoms with van der Waals surface area (Å²) in [5.41, 5.74) is 0.736. The van der Waals surface area contributed by atoms with Crippen molar-refractivity contribution in [1.29, 1.82) is 0 Å². The molecule has 4 N–H and O–H groups in total. The zero-order valence-corrected chi connectivity index (χ0v) is 29.5. The van der Waals surface area contributed by atoms with Gasteiger partial charge in [0.2, 0.25) is 0 Å². The molecule has 0 unspecified atom stereocenters. The number of hydrogen-bond donors (Lipinski definition) is 4. The smallest absolute Gasteiger partial charge is 0.337 e. The Morgan fingerprint density at radius 3 is 1.96 bits per heavy atom. The number of hydrogen-bond acceptors (Lipinski definition) is 7. The number of aromatic nitrogens is 2. The highest BCUT2D eigenvalue weighted by atomic mass is 32.1. The monoisotopic (exact) mass is 719 g/mol. The number of likely N-dealkylation sites (N-methyl/N-ethyl adjacent to an activating group) is 1. The average molecular weight is 720 g/mol. The molecule has 0 atom stereocenters. The highest BCUT2D eigenvalue weighted by Crippen LogP contribution is 2.38. The molecule has 2 aromatic heterocycles. The van der Waals surface area contributed by atoms with Crippen LogP contribution in [0.4, 0.5) is 29.7 Å². The highest BCUT2D eigenvalue weighted by molar-refractivity contribution is 7.22. The largest absolute Gasteiger partial charge is 0.383 e. The minimum atomic E-state index is -0.833. The second kappa shape index (κ2) is 16.6. The van der Waals surface area contributed by atoms with Gasteiger partial charge in [-0.3, -0.25) is 14.3 Å². The third-order valence-corrected chi connectivity index (χ3v) is 9.32. The van der Waals surface area contributed by atoms with E-state index in [4.69, 9.17) is 4.74 Å². The van der Waals surface area contributed by atoms with Crippen molar-refractivity contribution in [2.45, 2.75) is 26.9 Å². The predicted octanol–water partition coefficient (Wildman–Crippen LogP) is 5.57. The van der Waals surface area contributed by atoms with Crippen LogP contribution in [0.1, 0.15) is 25.0 Å². The lowest BCUT2D eigenvalue weighted by Crippen LogP contribution is -2.39. The van der Waals surface area contributed by atoms with E-state index in [1.54, 1.807) is 50.4 Å². The predicted molar refractivity (Wildman–Crippen MR) is 196 cm³/mol. The van der Waals surface area contributed by atoms with Crippen molar-refractivity contribution in [1.82, 2.24) is 24.7 Å². The van der Waals surface area contributed by atoms with Crippen molar-refractivity contribution < 1.29 is 23.1 Å². The summed E-state index contributed by atoms with van der Waals surface area (Å²) >= 11 is 1.17. The lowest BCUT2D eigenvalue weighted by Gasteiger charge is -2.18. The molecule has 12 nitrogen and oxygen atoms in total. The number of halogens is 2. The minimum absolute atomic E-state index is 0.198. The van der Waals surface area contributed by atoms with Gasteiger partial charge in [0.25, 0.3) is 5.56 Å². The van der Waals surface area contributed by atoms with Gasteiger partial charge in [0.05, 0.1) is 24.2 Å². The highest BCUT2D eigenvalue weighted by Gasteiger charge is 2.26. The third kappa shape index (κ3) is 8.33. The minimum Gasteiger partial charge on any atom is -0.383 e. The zero-order chi connectivity index (χ0) is 36.7. The maximum Gasteiger partial charge on any atom is 0.337 e. The number of benzene rings is 3. The van der Waals surface area contributed by atoms with Crippen molar-refractivity contribution >= 4 is 45.0 Å². The Morgan fingerprint density at radius 1 is 0.843 bits per heavy atom. The molecule has 0 aliphatic carbocycles. The molecule has 2 heterocycles. The van der Waals surface area contributed by atoms with Crippen molar-refractivity contribution in [2.24, 2.45) is 0 Å². The molecule has 0 aliphatic rings. The van der Waals surface area contributed by atoms with Crippen LogP contribution >= 0.6 is 11.3 Å². The quantitative estimate of drug-likeness (QED) is 0.126. The molecule has 51 heavy (non-hydrogen) atoms. The first kappa shape index (κ1) is 36.9. The summed E-state index contributed by atoms with van der Waals surface area (Å²) in [6.45, 7) is 5.20. The molecule has 0 aliphatic heterocycles. The molecule has 0 fully saturated rings. The maximum absolute atomic E-state index is 15.1. The Hall–Kier alpha value is -5.38. The normalized spacial score (nSPS) is 11.2. The summed E-state index contributed by atoms with van der Waals surface area (Å²) in [6, 6.07) is 15.9. The Bertz CT molecular complexity index is 2130. The summed E-state index contributed by atoms with van der Waals surface area (Å²) < 4.78 is 37.6. The Balaban J connectivity index is 1.75. The number of anilines is 2. The van der Waals surface area contributed by atoms with Crippen LogP contribution < -0.4 is 32.5 Å². The van der Waals surface area contributed by atoms with Gasteiger partial charge in [-0.1, -0.05) is 18.2 Å². The fraction of sp³-hybridized carbons (Fsp3) is 0.278. The standard InChI is InChI=1S/C36H39F2N7O5S/c1-5-39-34(47)41-23-12-10-22(11-13-23)31-27(20-43(3)18-19-50-4)30-32(46)45(25-16-14-24(15-17-25)42-35(48)40-6-2)36(49)44(33(30)51-31)21-26-28(37)8-7-9-29(26)38/h7-17H,5-6,18-21H2,1-4H3,(H2,39,41,47)(H2,40,42,48). The first-order chi connectivity index (χ1) is 24.6. The molecular weight excluding hydrogens is 681 g/mol. The molecule has 15 heteroatoms. The first-order valence-electron chi connectivity index (χ1n) is 16.3. The van der Waals surface area contributed by atoms with Gasteiger partial charge in [-0.15, -0.1) is 11.3 Å². The van der Waals surface area contributed by atoms with Crippen LogP contribution in [0.25, 0.3) is 26.3 Å². The van der Waals surface area contributed by atoms with E-state index in [-0.39, 0.29) is 34.0 Å². The van der Waals surface area contributed by atoms with E-state index in [9.17, 15) is 19.2 Å². The molecule has 0 bridgehead atoms. The summed E-state index contributed by atoms with van der Waals surface area (Å²) in [6.07, 6.45) is 0. The Labute approximate surface area is 296 Å². The number of nitrogens with one attached hydrogen (secondary N) is 4. The van der Waals surface area contributed by atoms with Crippen LogP contribution in [0.3, 0.4) is 0 Å². The number of amides is 4. The lowest BCUT2D eigenvalue weighted by molar-refractivity contribution is 0.159. The van der Waals surface area contributed by atoms with Crippen LogP contribution in [-0.2, 0) is 17.8 Å². The van der Waals surface area contributed by atoms with Crippen molar-refractivity contribution in [2.75, 3.05) is 51.0 Å². The summed E-state index contributed by atoms with van der Waals surface area (Å²) in [5.74, 6) is -1.67. The lowest BCUT2D eigenvalue weighted by atomic mass is 10.1. The number of urea groups is 2. The molecule has 5 rings (SSSR count). The summed E-state index contributed by atoms with van der Waals surface area (Å²) in [5, 5.41) is 11.0. The fourth-order valence-electron chi connectivity index (χ4n) is 5.53. The molecule has 3 aromatic carbocycles. The number of nitrogens with zero attached hydrogens (tertiary/aromatic N) is 3. The fourth-order valence-corrected chi connectivity index (χ4v) is 6.83. The van der Waals surface area contributed by atoms with E-state index in [1.807, 2.05) is 18.9 Å². The SMILES string of the molecule is CCNC(=O)Nc1ccc(-c2sc3c(c2CN(C)CCOC)c(=O)n(-c2ccc(NC(=O)NCC)cc2)c(=O)n3Cc2c(F)cccc2F)cc1. The van der Waals surface area contributed by atoms with Crippen LogP contribution in [0.15, 0.2) is 76.3 Å². The van der Waals surface area contributed by atoms with Crippen LogP contribution in [0, 0.1) is 11.6 Å². The van der Waals surface area contributed by atoms with Crippen LogP contribution in [0.5, 0.6) is 0 Å². The second-order valence-electron chi connectivity index (χ2n) is 11.6. The van der Waals surface area contributed by atoms with E-state index in [0.29, 0.717) is 53.6 Å². The van der Waals surface area contributed by atoms with E-state index < -0.39 is 35.5 Å². The number of rotatable bonds is 13. The van der Waals surface area contributed by atoms with Gasteiger partial charge in [0.15, 0.2) is 0 Å². The van der Waals surface area contributed by atoms with E-state index in [1.165, 1.54) is 34.1 Å². The third-order valence-electron chi connectivity index (χ3n) is 8.02. The number of carbonyl (C=O) groups excluding carboxylic acids is 2. The number of fused-ring (bicyclic) bond motifs is 1. The van der Waals surface area contributed by atoms with Crippen molar-refractivity contribution in [3.8, 4) is 16.1 Å². The van der Waals surface area contributed by atoms with Crippen LogP contribution in [-0.4, -0.2) is 66.5 Å². The Kier molecular flexibility index (Phi) is 12.0. The zero-order valence-electron chi connectivity index (χ0n) is 28.6. The molecule has 0 saturated heterocycles. The van der Waals surface area contributed by atoms with Gasteiger partial charge in [0.1, 0.15) is 16.5 Å². The molecule has 4 amide bonds. The molecule has 5 aromatic rings. The molecule has 0 spiro atoms. The number of carbonyl (C=O) groups is 2. The number of thiophene rings is 1. The van der Waals surface area contributed by atoms with Gasteiger partial charge in [-0.25, -0.2) is 27.7 Å². The van der Waals surface area contributed by atoms with Crippen LogP contribution in [0.2, 0.25) is 0 Å². The maximum atomic E-state index is 15.1. The molecule has 0 radical (unpaired) electrons. The van der Waals surface area contributed by atoms with E-state index in [2.05, 4.69) is 21.3 Å². The Morgan fingerprint density at radius 2 is 1.41 bits per heavy atom. The van der Waals surface area contributed by atoms with Gasteiger partial charge in [-0.2, -0.15) is 0 Å². The van der Waals surface area contributed by atoms with E-state index >= 15 is 8.78 Å². The van der Waals surface area contributed by atoms with Crippen molar-refractivity contribution in [3.63, 3.8) is 0 Å². The van der Waals surface area contributed by atoms with Gasteiger partial charge in [0, 0.05) is 55.1 Å². The molecule has 0 saturated carbocycles.